The predicted octanol–water partition coefficient (Wildman–Crippen LogP) is 3.07. The van der Waals surface area contributed by atoms with Crippen LogP contribution >= 0.6 is 0 Å². The van der Waals surface area contributed by atoms with Crippen LogP contribution in [0.5, 0.6) is 5.75 Å². The molecule has 0 heterocycles. The maximum Gasteiger partial charge on any atom is 0.129 e. The summed E-state index contributed by atoms with van der Waals surface area (Å²) in [5, 5.41) is 8.58. The van der Waals surface area contributed by atoms with Crippen LogP contribution in [-0.4, -0.2) is 18.3 Å². The third-order valence-electron chi connectivity index (χ3n) is 2.46. The second-order valence-corrected chi connectivity index (χ2v) is 3.90. The first-order valence-electron chi connectivity index (χ1n) is 5.74. The van der Waals surface area contributed by atoms with E-state index in [9.17, 15) is 4.39 Å². The molecular formula is C13H19FO2. The van der Waals surface area contributed by atoms with Crippen LogP contribution < -0.4 is 4.74 Å². The molecule has 0 bridgehead atoms. The Kier molecular flexibility index (Phi) is 5.86. The van der Waals surface area contributed by atoms with Crippen LogP contribution in [0.25, 0.3) is 0 Å². The summed E-state index contributed by atoms with van der Waals surface area (Å²) in [7, 11) is 0. The first kappa shape index (κ1) is 13.0. The molecule has 1 N–H and O–H groups in total. The molecule has 1 aromatic carbocycles. The lowest BCUT2D eigenvalue weighted by molar-refractivity contribution is 0.273. The lowest BCUT2D eigenvalue weighted by Crippen LogP contribution is -1.98. The van der Waals surface area contributed by atoms with Crippen molar-refractivity contribution < 1.29 is 14.2 Å². The van der Waals surface area contributed by atoms with Gasteiger partial charge < -0.3 is 9.84 Å². The number of benzene rings is 1. The summed E-state index contributed by atoms with van der Waals surface area (Å²) >= 11 is 0. The summed E-state index contributed by atoms with van der Waals surface area (Å²) in [6.45, 7) is 2.59. The normalized spacial score (nSPS) is 10.4. The van der Waals surface area contributed by atoms with E-state index in [1.54, 1.807) is 19.1 Å². The van der Waals surface area contributed by atoms with E-state index >= 15 is 0 Å². The van der Waals surface area contributed by atoms with Crippen LogP contribution in [-0.2, 0) is 0 Å². The largest absolute Gasteiger partial charge is 0.493 e. The molecule has 0 unspecified atom stereocenters. The van der Waals surface area contributed by atoms with Gasteiger partial charge in [0, 0.05) is 12.7 Å². The number of hydrogen-bond acceptors (Lipinski definition) is 2. The fraction of sp³-hybridized carbons (Fsp3) is 0.538. The molecule has 0 aliphatic rings. The molecule has 0 saturated heterocycles. The van der Waals surface area contributed by atoms with E-state index in [4.69, 9.17) is 9.84 Å². The second kappa shape index (κ2) is 7.23. The van der Waals surface area contributed by atoms with E-state index in [0.717, 1.165) is 25.7 Å². The molecular weight excluding hydrogens is 207 g/mol. The smallest absolute Gasteiger partial charge is 0.129 e. The molecule has 1 aromatic rings. The number of halogens is 1. The molecule has 0 fully saturated rings. The van der Waals surface area contributed by atoms with Crippen LogP contribution in [0.2, 0.25) is 0 Å². The molecule has 1 rings (SSSR count). The van der Waals surface area contributed by atoms with Crippen molar-refractivity contribution in [1.82, 2.24) is 0 Å². The van der Waals surface area contributed by atoms with Crippen molar-refractivity contribution in [3.63, 3.8) is 0 Å². The van der Waals surface area contributed by atoms with Crippen molar-refractivity contribution in [2.75, 3.05) is 13.2 Å². The van der Waals surface area contributed by atoms with Gasteiger partial charge in [-0.15, -0.1) is 0 Å². The van der Waals surface area contributed by atoms with Crippen LogP contribution in [0, 0.1) is 12.7 Å². The third kappa shape index (κ3) is 4.62. The van der Waals surface area contributed by atoms with E-state index in [1.165, 1.54) is 6.07 Å². The molecule has 2 nitrogen and oxygen atoms in total. The molecule has 16 heavy (non-hydrogen) atoms. The number of rotatable bonds is 7. The average molecular weight is 226 g/mol. The minimum atomic E-state index is -0.224. The van der Waals surface area contributed by atoms with E-state index in [2.05, 4.69) is 0 Å². The first-order chi connectivity index (χ1) is 7.74. The lowest BCUT2D eigenvalue weighted by atomic mass is 10.2. The second-order valence-electron chi connectivity index (χ2n) is 3.90. The van der Waals surface area contributed by atoms with Gasteiger partial charge in [0.25, 0.3) is 0 Å². The molecule has 0 saturated carbocycles. The van der Waals surface area contributed by atoms with Gasteiger partial charge in [-0.3, -0.25) is 0 Å². The molecule has 90 valence electrons. The van der Waals surface area contributed by atoms with Crippen molar-refractivity contribution in [2.45, 2.75) is 32.6 Å². The predicted molar refractivity (Wildman–Crippen MR) is 62.2 cm³/mol. The summed E-state index contributed by atoms with van der Waals surface area (Å²) in [4.78, 5) is 0. The fourth-order valence-corrected chi connectivity index (χ4v) is 1.42. The Bertz CT molecular complexity index is 313. The van der Waals surface area contributed by atoms with E-state index in [0.29, 0.717) is 17.9 Å². The standard InChI is InChI=1S/C13H19FO2/c1-11-6-7-12(10-13(11)14)16-9-5-3-2-4-8-15/h6-7,10,15H,2-5,8-9H2,1H3. The Morgan fingerprint density at radius 1 is 1.19 bits per heavy atom. The van der Waals surface area contributed by atoms with Gasteiger partial charge in [-0.05, 0) is 37.8 Å². The highest BCUT2D eigenvalue weighted by molar-refractivity contribution is 5.27. The monoisotopic (exact) mass is 226 g/mol. The minimum Gasteiger partial charge on any atom is -0.493 e. The van der Waals surface area contributed by atoms with Crippen molar-refractivity contribution in [1.29, 1.82) is 0 Å². The molecule has 3 heteroatoms. The summed E-state index contributed by atoms with van der Waals surface area (Å²) < 4.78 is 18.6. The highest BCUT2D eigenvalue weighted by atomic mass is 19.1. The summed E-state index contributed by atoms with van der Waals surface area (Å²) in [6.07, 6.45) is 3.84. The van der Waals surface area contributed by atoms with Crippen molar-refractivity contribution in [3.8, 4) is 5.75 Å². The van der Waals surface area contributed by atoms with Gasteiger partial charge in [-0.1, -0.05) is 12.5 Å². The van der Waals surface area contributed by atoms with Crippen LogP contribution in [0.1, 0.15) is 31.2 Å². The number of aryl methyl sites for hydroxylation is 1. The van der Waals surface area contributed by atoms with Crippen LogP contribution in [0.15, 0.2) is 18.2 Å². The number of aliphatic hydroxyl groups is 1. The first-order valence-corrected chi connectivity index (χ1v) is 5.74. The highest BCUT2D eigenvalue weighted by Gasteiger charge is 1.99. The Morgan fingerprint density at radius 3 is 2.62 bits per heavy atom. The molecule has 0 aliphatic heterocycles. The summed E-state index contributed by atoms with van der Waals surface area (Å²) in [5.74, 6) is 0.364. The van der Waals surface area contributed by atoms with Gasteiger partial charge in [0.2, 0.25) is 0 Å². The Labute approximate surface area is 96.1 Å². The van der Waals surface area contributed by atoms with E-state index in [1.807, 2.05) is 0 Å². The lowest BCUT2D eigenvalue weighted by Gasteiger charge is -2.06. The highest BCUT2D eigenvalue weighted by Crippen LogP contribution is 2.16. The summed E-state index contributed by atoms with van der Waals surface area (Å²) in [5.41, 5.74) is 0.635. The van der Waals surface area contributed by atoms with Gasteiger partial charge in [0.15, 0.2) is 0 Å². The van der Waals surface area contributed by atoms with Gasteiger partial charge in [0.05, 0.1) is 6.61 Å². The van der Waals surface area contributed by atoms with Crippen LogP contribution in [0.3, 0.4) is 0 Å². The Balaban J connectivity index is 2.19. The van der Waals surface area contributed by atoms with E-state index in [-0.39, 0.29) is 12.4 Å². The quantitative estimate of drug-likeness (QED) is 0.724. The van der Waals surface area contributed by atoms with Crippen molar-refractivity contribution in [3.05, 3.63) is 29.6 Å². The number of aliphatic hydroxyl groups excluding tert-OH is 1. The van der Waals surface area contributed by atoms with Crippen molar-refractivity contribution >= 4 is 0 Å². The zero-order valence-corrected chi connectivity index (χ0v) is 9.71. The number of unbranched alkanes of at least 4 members (excludes halogenated alkanes) is 3. The molecule has 0 radical (unpaired) electrons. The third-order valence-corrected chi connectivity index (χ3v) is 2.46. The Hall–Kier alpha value is -1.09. The molecule has 0 aromatic heterocycles. The fourth-order valence-electron chi connectivity index (χ4n) is 1.42. The SMILES string of the molecule is Cc1ccc(OCCCCCCO)cc1F. The summed E-state index contributed by atoms with van der Waals surface area (Å²) in [6, 6.07) is 4.92. The van der Waals surface area contributed by atoms with Gasteiger partial charge in [0.1, 0.15) is 11.6 Å². The maximum atomic E-state index is 13.1. The average Bonchev–Trinajstić information content (AvgIpc) is 2.28. The molecule has 0 spiro atoms. The topological polar surface area (TPSA) is 29.5 Å². The molecule has 0 amide bonds. The van der Waals surface area contributed by atoms with Gasteiger partial charge in [-0.25, -0.2) is 4.39 Å². The maximum absolute atomic E-state index is 13.1. The van der Waals surface area contributed by atoms with Crippen LogP contribution in [0.4, 0.5) is 4.39 Å². The molecule has 0 aliphatic carbocycles. The number of ether oxygens (including phenoxy) is 1. The van der Waals surface area contributed by atoms with Gasteiger partial charge in [-0.2, -0.15) is 0 Å². The minimum absolute atomic E-state index is 0.224. The van der Waals surface area contributed by atoms with E-state index < -0.39 is 0 Å². The van der Waals surface area contributed by atoms with Gasteiger partial charge >= 0.3 is 0 Å². The number of hydrogen-bond donors (Lipinski definition) is 1. The Morgan fingerprint density at radius 2 is 1.94 bits per heavy atom. The zero-order chi connectivity index (χ0) is 11.8. The van der Waals surface area contributed by atoms with Crippen molar-refractivity contribution in [2.24, 2.45) is 0 Å². The zero-order valence-electron chi connectivity index (χ0n) is 9.71. The molecule has 0 atom stereocenters.